The Kier molecular flexibility index (Phi) is 5.52. The molecule has 126 valence electrons. The van der Waals surface area contributed by atoms with Crippen LogP contribution in [0.15, 0.2) is 48.5 Å². The number of aliphatic carboxylic acids is 1. The van der Waals surface area contributed by atoms with Gasteiger partial charge in [-0.15, -0.1) is 0 Å². The van der Waals surface area contributed by atoms with Gasteiger partial charge in [-0.05, 0) is 23.1 Å². The Morgan fingerprint density at radius 2 is 1.92 bits per heavy atom. The summed E-state index contributed by atoms with van der Waals surface area (Å²) in [6.07, 6.45) is -1.07. The Morgan fingerprint density at radius 1 is 1.21 bits per heavy atom. The van der Waals surface area contributed by atoms with E-state index in [4.69, 9.17) is 4.74 Å². The third-order valence-corrected chi connectivity index (χ3v) is 3.63. The zero-order valence-corrected chi connectivity index (χ0v) is 13.5. The van der Waals surface area contributed by atoms with E-state index >= 15 is 0 Å². The molecule has 0 saturated carbocycles. The number of rotatable bonds is 7. The predicted octanol–water partition coefficient (Wildman–Crippen LogP) is 3.79. The summed E-state index contributed by atoms with van der Waals surface area (Å²) in [6.45, 7) is 4.00. The van der Waals surface area contributed by atoms with Gasteiger partial charge >= 0.3 is 5.97 Å². The highest BCUT2D eigenvalue weighted by Gasteiger charge is 2.22. The van der Waals surface area contributed by atoms with Crippen molar-refractivity contribution in [2.24, 2.45) is 0 Å². The lowest BCUT2D eigenvalue weighted by Crippen LogP contribution is -2.29. The normalized spacial score (nSPS) is 12.0. The van der Waals surface area contributed by atoms with Crippen molar-refractivity contribution in [3.63, 3.8) is 0 Å². The number of carbonyl (C=O) groups is 1. The number of carboxylic acid groups (broad SMARTS) is 1. The highest BCUT2D eigenvalue weighted by atomic mass is 16.6. The van der Waals surface area contributed by atoms with Gasteiger partial charge in [-0.3, -0.25) is 10.1 Å². The summed E-state index contributed by atoms with van der Waals surface area (Å²) in [7, 11) is 0. The highest BCUT2D eigenvalue weighted by Crippen LogP contribution is 2.27. The van der Waals surface area contributed by atoms with E-state index in [1.807, 2.05) is 26.0 Å². The Morgan fingerprint density at radius 3 is 2.54 bits per heavy atom. The summed E-state index contributed by atoms with van der Waals surface area (Å²) in [5.74, 6) is -0.404. The zero-order valence-electron chi connectivity index (χ0n) is 13.5. The van der Waals surface area contributed by atoms with Crippen molar-refractivity contribution in [2.45, 2.75) is 32.3 Å². The molecule has 6 nitrogen and oxygen atoms in total. The molecule has 2 rings (SSSR count). The molecule has 0 radical (unpaired) electrons. The Balaban J connectivity index is 2.24. The maximum atomic E-state index is 11.5. The molecule has 0 aliphatic rings. The molecule has 0 spiro atoms. The van der Waals surface area contributed by atoms with Gasteiger partial charge in [0, 0.05) is 18.6 Å². The van der Waals surface area contributed by atoms with Gasteiger partial charge < -0.3 is 9.84 Å². The number of non-ortho nitro benzene ring substituents is 1. The first-order valence-electron chi connectivity index (χ1n) is 7.60. The summed E-state index contributed by atoms with van der Waals surface area (Å²) in [6, 6.07) is 13.2. The minimum absolute atomic E-state index is 0.0451. The van der Waals surface area contributed by atoms with Crippen LogP contribution in [0.5, 0.6) is 5.75 Å². The lowest BCUT2D eigenvalue weighted by atomic mass is 10.0. The summed E-state index contributed by atoms with van der Waals surface area (Å²) in [4.78, 5) is 21.9. The minimum atomic E-state index is -1.12. The van der Waals surface area contributed by atoms with Crippen molar-refractivity contribution in [2.75, 3.05) is 0 Å². The standard InChI is InChI=1S/C18H19NO5/c1-12(2)15-8-3-4-9-16(15)24-17(18(20)21)11-13-6-5-7-14(10-13)19(22)23/h3-10,12,17H,11H2,1-2H3,(H,20,21)/t17-/m1/s1. The summed E-state index contributed by atoms with van der Waals surface area (Å²) >= 11 is 0. The third kappa shape index (κ3) is 4.32. The smallest absolute Gasteiger partial charge is 0.345 e. The molecule has 1 atom stereocenters. The largest absolute Gasteiger partial charge is 0.478 e. The van der Waals surface area contributed by atoms with Gasteiger partial charge in [0.25, 0.3) is 5.69 Å². The molecule has 0 heterocycles. The van der Waals surface area contributed by atoms with Crippen LogP contribution in [-0.2, 0) is 11.2 Å². The second kappa shape index (κ2) is 7.59. The van der Waals surface area contributed by atoms with Gasteiger partial charge in [-0.2, -0.15) is 0 Å². The molecular weight excluding hydrogens is 310 g/mol. The summed E-state index contributed by atoms with van der Waals surface area (Å²) in [5, 5.41) is 20.3. The first-order valence-corrected chi connectivity index (χ1v) is 7.60. The predicted molar refractivity (Wildman–Crippen MR) is 89.4 cm³/mol. The summed E-state index contributed by atoms with van der Waals surface area (Å²) in [5.41, 5.74) is 1.39. The fourth-order valence-electron chi connectivity index (χ4n) is 2.41. The number of carboxylic acids is 1. The van der Waals surface area contributed by atoms with Gasteiger partial charge in [0.1, 0.15) is 5.75 Å². The number of nitro groups is 1. The van der Waals surface area contributed by atoms with Gasteiger partial charge in [0.05, 0.1) is 4.92 Å². The third-order valence-electron chi connectivity index (χ3n) is 3.63. The van der Waals surface area contributed by atoms with Crippen LogP contribution in [0.25, 0.3) is 0 Å². The number of ether oxygens (including phenoxy) is 1. The van der Waals surface area contributed by atoms with E-state index < -0.39 is 17.0 Å². The number of nitrogens with zero attached hydrogens (tertiary/aromatic N) is 1. The van der Waals surface area contributed by atoms with E-state index in [1.54, 1.807) is 18.2 Å². The Labute approximate surface area is 139 Å². The first kappa shape index (κ1) is 17.5. The molecule has 0 saturated heterocycles. The van der Waals surface area contributed by atoms with Crippen LogP contribution in [0.3, 0.4) is 0 Å². The maximum Gasteiger partial charge on any atom is 0.345 e. The Hall–Kier alpha value is -2.89. The average molecular weight is 329 g/mol. The van der Waals surface area contributed by atoms with Crippen molar-refractivity contribution in [3.05, 3.63) is 69.8 Å². The van der Waals surface area contributed by atoms with Gasteiger partial charge in [0.15, 0.2) is 6.10 Å². The molecule has 2 aromatic carbocycles. The van der Waals surface area contributed by atoms with Crippen molar-refractivity contribution in [3.8, 4) is 5.75 Å². The number of nitro benzene ring substituents is 1. The van der Waals surface area contributed by atoms with Crippen LogP contribution in [0.1, 0.15) is 30.9 Å². The van der Waals surface area contributed by atoms with Crippen molar-refractivity contribution < 1.29 is 19.6 Å². The van der Waals surface area contributed by atoms with Crippen LogP contribution in [0, 0.1) is 10.1 Å². The van der Waals surface area contributed by atoms with Gasteiger partial charge in [-0.1, -0.05) is 44.2 Å². The number of para-hydroxylation sites is 1. The summed E-state index contributed by atoms with van der Waals surface area (Å²) < 4.78 is 5.70. The Bertz CT molecular complexity index is 742. The molecule has 2 aromatic rings. The molecule has 0 aliphatic heterocycles. The molecule has 1 N–H and O–H groups in total. The molecular formula is C18H19NO5. The number of hydrogen-bond acceptors (Lipinski definition) is 4. The molecule has 6 heteroatoms. The van der Waals surface area contributed by atoms with Crippen LogP contribution in [0.2, 0.25) is 0 Å². The van der Waals surface area contributed by atoms with Crippen LogP contribution in [-0.4, -0.2) is 22.1 Å². The fourth-order valence-corrected chi connectivity index (χ4v) is 2.41. The van der Waals surface area contributed by atoms with Crippen molar-refractivity contribution in [1.29, 1.82) is 0 Å². The fraction of sp³-hybridized carbons (Fsp3) is 0.278. The lowest BCUT2D eigenvalue weighted by molar-refractivity contribution is -0.384. The quantitative estimate of drug-likeness (QED) is 0.616. The van der Waals surface area contributed by atoms with Crippen molar-refractivity contribution in [1.82, 2.24) is 0 Å². The van der Waals surface area contributed by atoms with Crippen molar-refractivity contribution >= 4 is 11.7 Å². The van der Waals surface area contributed by atoms with Gasteiger partial charge in [-0.25, -0.2) is 4.79 Å². The first-order chi connectivity index (χ1) is 11.4. The molecule has 0 amide bonds. The molecule has 24 heavy (non-hydrogen) atoms. The van der Waals surface area contributed by atoms with E-state index in [0.717, 1.165) is 5.56 Å². The van der Waals surface area contributed by atoms with Gasteiger partial charge in [0.2, 0.25) is 0 Å². The molecule has 0 unspecified atom stereocenters. The zero-order chi connectivity index (χ0) is 17.7. The van der Waals surface area contributed by atoms with Crippen LogP contribution >= 0.6 is 0 Å². The van der Waals surface area contributed by atoms with Crippen LogP contribution < -0.4 is 4.74 Å². The lowest BCUT2D eigenvalue weighted by Gasteiger charge is -2.19. The number of hydrogen-bond donors (Lipinski definition) is 1. The van der Waals surface area contributed by atoms with E-state index in [1.165, 1.54) is 18.2 Å². The number of benzene rings is 2. The van der Waals surface area contributed by atoms with E-state index in [0.29, 0.717) is 11.3 Å². The van der Waals surface area contributed by atoms with E-state index in [9.17, 15) is 20.0 Å². The topological polar surface area (TPSA) is 89.7 Å². The second-order valence-electron chi connectivity index (χ2n) is 5.77. The molecule has 0 fully saturated rings. The monoisotopic (exact) mass is 329 g/mol. The molecule has 0 aromatic heterocycles. The van der Waals surface area contributed by atoms with Crippen LogP contribution in [0.4, 0.5) is 5.69 Å². The highest BCUT2D eigenvalue weighted by molar-refractivity contribution is 5.73. The SMILES string of the molecule is CC(C)c1ccccc1O[C@H](Cc1cccc([N+](=O)[O-])c1)C(=O)O. The molecule has 0 aliphatic carbocycles. The maximum absolute atomic E-state index is 11.5. The van der Waals surface area contributed by atoms with E-state index in [-0.39, 0.29) is 18.0 Å². The van der Waals surface area contributed by atoms with E-state index in [2.05, 4.69) is 0 Å². The molecule has 0 bridgehead atoms. The average Bonchev–Trinajstić information content (AvgIpc) is 2.54. The minimum Gasteiger partial charge on any atom is -0.478 e. The second-order valence-corrected chi connectivity index (χ2v) is 5.77.